The van der Waals surface area contributed by atoms with Crippen molar-refractivity contribution < 1.29 is 9.53 Å². The Bertz CT molecular complexity index is 339. The Morgan fingerprint density at radius 2 is 2.27 bits per heavy atom. The maximum absolute atomic E-state index is 11.5. The predicted molar refractivity (Wildman–Crippen MR) is 62.0 cm³/mol. The van der Waals surface area contributed by atoms with Gasteiger partial charge in [0.2, 0.25) is 0 Å². The Labute approximate surface area is 98.0 Å². The van der Waals surface area contributed by atoms with Crippen LogP contribution < -0.4 is 0 Å². The fraction of sp³-hybridized carbons (Fsp3) is 0.455. The van der Waals surface area contributed by atoms with Crippen LogP contribution in [0.3, 0.4) is 0 Å². The van der Waals surface area contributed by atoms with Crippen molar-refractivity contribution in [3.8, 4) is 0 Å². The van der Waals surface area contributed by atoms with Crippen molar-refractivity contribution in [2.45, 2.75) is 19.2 Å². The van der Waals surface area contributed by atoms with E-state index in [-0.39, 0.29) is 5.97 Å². The third-order valence-corrected chi connectivity index (χ3v) is 2.28. The Balaban J connectivity index is 2.65. The molecule has 0 N–H and O–H groups in total. The summed E-state index contributed by atoms with van der Waals surface area (Å²) >= 11 is 3.29. The third-order valence-electron chi connectivity index (χ3n) is 1.70. The van der Waals surface area contributed by atoms with E-state index in [2.05, 4.69) is 20.9 Å². The number of nitrogens with zero attached hydrogens (tertiary/aromatic N) is 1. The number of carbonyl (C=O) groups is 1. The molecule has 15 heavy (non-hydrogen) atoms. The van der Waals surface area contributed by atoms with Crippen LogP contribution in [-0.2, 0) is 10.1 Å². The highest BCUT2D eigenvalue weighted by Gasteiger charge is 2.09. The first-order valence-electron chi connectivity index (χ1n) is 4.82. The molecule has 1 rings (SSSR count). The molecule has 0 aliphatic carbocycles. The maximum Gasteiger partial charge on any atom is 0.356 e. The molecule has 82 valence electrons. The molecule has 0 bridgehead atoms. The first-order valence-corrected chi connectivity index (χ1v) is 5.94. The molecule has 1 aromatic heterocycles. The Morgan fingerprint density at radius 3 is 2.87 bits per heavy atom. The molecule has 0 saturated heterocycles. The second kappa shape index (κ2) is 5.85. The van der Waals surface area contributed by atoms with Crippen molar-refractivity contribution in [3.05, 3.63) is 29.6 Å². The van der Waals surface area contributed by atoms with Crippen LogP contribution in [0.4, 0.5) is 0 Å². The summed E-state index contributed by atoms with van der Waals surface area (Å²) in [7, 11) is 0. The molecule has 0 aromatic carbocycles. The maximum atomic E-state index is 11.5. The molecule has 0 fully saturated rings. The highest BCUT2D eigenvalue weighted by molar-refractivity contribution is 9.08. The molecule has 0 amide bonds. The Kier molecular flexibility index (Phi) is 4.75. The standard InChI is InChI=1S/C11H14BrNO2/c1-8(2)7-15-11(14)10-5-3-4-9(6-12)13-10/h3-5,8H,6-7H2,1-2H3. The molecule has 0 spiro atoms. The van der Waals surface area contributed by atoms with Crippen LogP contribution in [0.25, 0.3) is 0 Å². The predicted octanol–water partition coefficient (Wildman–Crippen LogP) is 2.79. The van der Waals surface area contributed by atoms with E-state index in [4.69, 9.17) is 4.74 Å². The van der Waals surface area contributed by atoms with Crippen molar-refractivity contribution in [2.75, 3.05) is 6.61 Å². The summed E-state index contributed by atoms with van der Waals surface area (Å²) in [5, 5.41) is 0.637. The lowest BCUT2D eigenvalue weighted by atomic mass is 10.2. The average Bonchev–Trinajstić information content (AvgIpc) is 2.26. The summed E-state index contributed by atoms with van der Waals surface area (Å²) in [6.07, 6.45) is 0. The highest BCUT2D eigenvalue weighted by atomic mass is 79.9. The summed E-state index contributed by atoms with van der Waals surface area (Å²) in [5.74, 6) is -0.0141. The lowest BCUT2D eigenvalue weighted by molar-refractivity contribution is 0.0452. The molecule has 3 nitrogen and oxygen atoms in total. The molecular formula is C11H14BrNO2. The minimum absolute atomic E-state index is 0.341. The minimum atomic E-state index is -0.355. The zero-order valence-electron chi connectivity index (χ0n) is 8.87. The molecule has 0 unspecified atom stereocenters. The molecule has 0 saturated carbocycles. The van der Waals surface area contributed by atoms with Gasteiger partial charge in [-0.25, -0.2) is 9.78 Å². The molecule has 0 radical (unpaired) electrons. The van der Waals surface area contributed by atoms with Gasteiger partial charge in [0.1, 0.15) is 5.69 Å². The normalized spacial score (nSPS) is 10.4. The smallest absolute Gasteiger partial charge is 0.356 e. The van der Waals surface area contributed by atoms with E-state index in [1.165, 1.54) is 0 Å². The van der Waals surface area contributed by atoms with Crippen LogP contribution in [0.5, 0.6) is 0 Å². The van der Waals surface area contributed by atoms with Gasteiger partial charge in [-0.15, -0.1) is 0 Å². The summed E-state index contributed by atoms with van der Waals surface area (Å²) in [6.45, 7) is 4.42. The van der Waals surface area contributed by atoms with E-state index >= 15 is 0 Å². The van der Waals surface area contributed by atoms with E-state index in [1.807, 2.05) is 19.9 Å². The molecule has 1 heterocycles. The number of pyridine rings is 1. The number of aromatic nitrogens is 1. The second-order valence-corrected chi connectivity index (χ2v) is 4.20. The van der Waals surface area contributed by atoms with Crippen molar-refractivity contribution in [3.63, 3.8) is 0 Å². The average molecular weight is 272 g/mol. The molecule has 0 aliphatic rings. The van der Waals surface area contributed by atoms with Gasteiger partial charge >= 0.3 is 5.97 Å². The number of carbonyl (C=O) groups excluding carboxylic acids is 1. The number of halogens is 1. The number of hydrogen-bond acceptors (Lipinski definition) is 3. The quantitative estimate of drug-likeness (QED) is 0.625. The van der Waals surface area contributed by atoms with Gasteiger partial charge in [0.25, 0.3) is 0 Å². The van der Waals surface area contributed by atoms with Crippen molar-refractivity contribution in [1.82, 2.24) is 4.98 Å². The van der Waals surface area contributed by atoms with E-state index in [9.17, 15) is 4.79 Å². The second-order valence-electron chi connectivity index (χ2n) is 3.64. The van der Waals surface area contributed by atoms with Gasteiger partial charge in [-0.05, 0) is 18.1 Å². The van der Waals surface area contributed by atoms with Crippen LogP contribution in [0.2, 0.25) is 0 Å². The number of ether oxygens (including phenoxy) is 1. The van der Waals surface area contributed by atoms with E-state index in [1.54, 1.807) is 12.1 Å². The number of hydrogen-bond donors (Lipinski definition) is 0. The zero-order valence-corrected chi connectivity index (χ0v) is 10.5. The largest absolute Gasteiger partial charge is 0.461 e. The van der Waals surface area contributed by atoms with Crippen LogP contribution >= 0.6 is 15.9 Å². The number of rotatable bonds is 4. The van der Waals surface area contributed by atoms with Gasteiger partial charge in [-0.2, -0.15) is 0 Å². The first-order chi connectivity index (χ1) is 7.13. The highest BCUT2D eigenvalue weighted by Crippen LogP contribution is 2.05. The molecule has 4 heteroatoms. The Hall–Kier alpha value is -0.900. The summed E-state index contributed by atoms with van der Waals surface area (Å²) in [6, 6.07) is 5.32. The van der Waals surface area contributed by atoms with E-state index in [0.717, 1.165) is 5.69 Å². The van der Waals surface area contributed by atoms with Gasteiger partial charge in [0.05, 0.1) is 12.3 Å². The fourth-order valence-electron chi connectivity index (χ4n) is 0.984. The van der Waals surface area contributed by atoms with Crippen molar-refractivity contribution in [2.24, 2.45) is 5.92 Å². The summed E-state index contributed by atoms with van der Waals surface area (Å²) in [5.41, 5.74) is 1.20. The lowest BCUT2D eigenvalue weighted by Crippen LogP contribution is -2.12. The zero-order chi connectivity index (χ0) is 11.3. The van der Waals surface area contributed by atoms with Gasteiger partial charge in [0, 0.05) is 5.33 Å². The van der Waals surface area contributed by atoms with E-state index < -0.39 is 0 Å². The molecular weight excluding hydrogens is 258 g/mol. The SMILES string of the molecule is CC(C)COC(=O)c1cccc(CBr)n1. The lowest BCUT2D eigenvalue weighted by Gasteiger charge is -2.06. The first kappa shape index (κ1) is 12.2. The topological polar surface area (TPSA) is 39.2 Å². The number of esters is 1. The van der Waals surface area contributed by atoms with Crippen LogP contribution in [0, 0.1) is 5.92 Å². The van der Waals surface area contributed by atoms with Gasteiger partial charge < -0.3 is 4.74 Å². The van der Waals surface area contributed by atoms with Crippen molar-refractivity contribution >= 4 is 21.9 Å². The van der Waals surface area contributed by atoms with Crippen LogP contribution in [0.15, 0.2) is 18.2 Å². The van der Waals surface area contributed by atoms with Gasteiger partial charge in [0.15, 0.2) is 0 Å². The molecule has 0 aliphatic heterocycles. The Morgan fingerprint density at radius 1 is 1.53 bits per heavy atom. The third kappa shape index (κ3) is 4.00. The summed E-state index contributed by atoms with van der Waals surface area (Å²) in [4.78, 5) is 15.7. The minimum Gasteiger partial charge on any atom is -0.461 e. The van der Waals surface area contributed by atoms with Crippen LogP contribution in [-0.4, -0.2) is 17.6 Å². The van der Waals surface area contributed by atoms with E-state index in [0.29, 0.717) is 23.5 Å². The molecule has 0 atom stereocenters. The van der Waals surface area contributed by atoms with Crippen molar-refractivity contribution in [1.29, 1.82) is 0 Å². The number of alkyl halides is 1. The summed E-state index contributed by atoms with van der Waals surface area (Å²) < 4.78 is 5.07. The molecule has 1 aromatic rings. The van der Waals surface area contributed by atoms with Crippen LogP contribution in [0.1, 0.15) is 30.0 Å². The van der Waals surface area contributed by atoms with Gasteiger partial charge in [-0.1, -0.05) is 35.8 Å². The monoisotopic (exact) mass is 271 g/mol. The van der Waals surface area contributed by atoms with Gasteiger partial charge in [-0.3, -0.25) is 0 Å². The fourth-order valence-corrected chi connectivity index (χ4v) is 1.30.